The van der Waals surface area contributed by atoms with Crippen LogP contribution in [-0.2, 0) is 4.79 Å². The third-order valence-electron chi connectivity index (χ3n) is 2.64. The smallest absolute Gasteiger partial charge is 0.136 e. The van der Waals surface area contributed by atoms with Crippen molar-refractivity contribution in [3.8, 4) is 0 Å². The lowest BCUT2D eigenvalue weighted by Gasteiger charge is -2.29. The second-order valence-corrected chi connectivity index (χ2v) is 4.25. The van der Waals surface area contributed by atoms with Gasteiger partial charge in [-0.05, 0) is 12.3 Å². The molecule has 0 amide bonds. The molecule has 0 bridgehead atoms. The largest absolute Gasteiger partial charge is 0.392 e. The van der Waals surface area contributed by atoms with Crippen molar-refractivity contribution in [3.05, 3.63) is 0 Å². The SMILES string of the molecule is O=C1CC2[C@H](Br)C(O)C[C@@H]12. The van der Waals surface area contributed by atoms with E-state index in [9.17, 15) is 9.90 Å². The average Bonchev–Trinajstić information content (AvgIpc) is 2.12. The molecule has 2 unspecified atom stereocenters. The van der Waals surface area contributed by atoms with Crippen molar-refractivity contribution >= 4 is 21.7 Å². The van der Waals surface area contributed by atoms with Crippen molar-refractivity contribution < 1.29 is 9.90 Å². The van der Waals surface area contributed by atoms with Crippen LogP contribution in [0.1, 0.15) is 12.8 Å². The van der Waals surface area contributed by atoms with Gasteiger partial charge in [0.2, 0.25) is 0 Å². The molecule has 2 saturated carbocycles. The molecule has 0 spiro atoms. The highest BCUT2D eigenvalue weighted by atomic mass is 79.9. The van der Waals surface area contributed by atoms with Gasteiger partial charge in [0.1, 0.15) is 5.78 Å². The molecule has 0 aromatic carbocycles. The Kier molecular flexibility index (Phi) is 1.39. The van der Waals surface area contributed by atoms with E-state index in [4.69, 9.17) is 0 Å². The molecule has 2 fully saturated rings. The van der Waals surface area contributed by atoms with Crippen molar-refractivity contribution in [2.24, 2.45) is 11.8 Å². The molecule has 0 aromatic heterocycles. The van der Waals surface area contributed by atoms with Gasteiger partial charge in [-0.25, -0.2) is 0 Å². The second-order valence-electron chi connectivity index (χ2n) is 3.19. The molecule has 2 rings (SSSR count). The zero-order valence-electron chi connectivity index (χ0n) is 5.46. The Morgan fingerprint density at radius 2 is 2.30 bits per heavy atom. The summed E-state index contributed by atoms with van der Waals surface area (Å²) in [5.41, 5.74) is 0. The summed E-state index contributed by atoms with van der Waals surface area (Å²) in [5.74, 6) is 0.952. The highest BCUT2D eigenvalue weighted by Gasteiger charge is 2.51. The number of hydrogen-bond acceptors (Lipinski definition) is 2. The van der Waals surface area contributed by atoms with E-state index in [-0.39, 0.29) is 16.8 Å². The number of aliphatic hydroxyl groups excluding tert-OH is 1. The molecular formula is C7H9BrO2. The van der Waals surface area contributed by atoms with Crippen molar-refractivity contribution in [2.45, 2.75) is 23.8 Å². The summed E-state index contributed by atoms with van der Waals surface area (Å²) >= 11 is 3.39. The van der Waals surface area contributed by atoms with E-state index < -0.39 is 0 Å². The standard InChI is InChI=1S/C7H9BrO2/c8-7-4-2-5(9)3(4)1-6(7)10/h3-4,6-7,10H,1-2H2/t3-,4?,6?,7+/m1/s1. The number of alkyl halides is 1. The predicted molar refractivity (Wildman–Crippen MR) is 39.9 cm³/mol. The van der Waals surface area contributed by atoms with E-state index >= 15 is 0 Å². The van der Waals surface area contributed by atoms with Crippen molar-refractivity contribution in [1.82, 2.24) is 0 Å². The van der Waals surface area contributed by atoms with Crippen molar-refractivity contribution in [1.29, 1.82) is 0 Å². The quantitative estimate of drug-likeness (QED) is 0.591. The minimum atomic E-state index is -0.290. The summed E-state index contributed by atoms with van der Waals surface area (Å²) in [6, 6.07) is 0. The number of Topliss-reactive ketones (excluding diaryl/α,β-unsaturated/α-hetero) is 1. The maximum absolute atomic E-state index is 10.9. The zero-order chi connectivity index (χ0) is 7.30. The van der Waals surface area contributed by atoms with Crippen LogP contribution in [0.2, 0.25) is 0 Å². The number of ketones is 1. The summed E-state index contributed by atoms with van der Waals surface area (Å²) < 4.78 is 0. The summed E-state index contributed by atoms with van der Waals surface area (Å²) in [6.45, 7) is 0. The van der Waals surface area contributed by atoms with Crippen LogP contribution in [0.15, 0.2) is 0 Å². The van der Waals surface area contributed by atoms with E-state index in [0.29, 0.717) is 24.5 Å². The Hall–Kier alpha value is 0.110. The molecule has 0 heterocycles. The number of rotatable bonds is 0. The summed E-state index contributed by atoms with van der Waals surface area (Å²) in [7, 11) is 0. The molecule has 4 atom stereocenters. The number of carbonyl (C=O) groups excluding carboxylic acids is 1. The first-order valence-electron chi connectivity index (χ1n) is 3.55. The molecule has 10 heavy (non-hydrogen) atoms. The molecule has 56 valence electrons. The van der Waals surface area contributed by atoms with Crippen molar-refractivity contribution in [2.75, 3.05) is 0 Å². The topological polar surface area (TPSA) is 37.3 Å². The molecule has 3 heteroatoms. The number of fused-ring (bicyclic) bond motifs is 1. The number of carbonyl (C=O) groups is 1. The van der Waals surface area contributed by atoms with E-state index in [1.54, 1.807) is 0 Å². The molecule has 0 saturated heterocycles. The predicted octanol–water partition coefficient (Wildman–Crippen LogP) is 0.720. The van der Waals surface area contributed by atoms with Crippen LogP contribution in [0.25, 0.3) is 0 Å². The molecule has 2 aliphatic rings. The number of hydrogen-bond donors (Lipinski definition) is 1. The van der Waals surface area contributed by atoms with E-state index in [1.807, 2.05) is 0 Å². The van der Waals surface area contributed by atoms with Gasteiger partial charge in [-0.3, -0.25) is 4.79 Å². The molecule has 2 aliphatic carbocycles. The molecule has 0 aliphatic heterocycles. The lowest BCUT2D eigenvalue weighted by molar-refractivity contribution is -0.132. The fourth-order valence-corrected chi connectivity index (χ4v) is 2.69. The Bertz CT molecular complexity index is 180. The van der Waals surface area contributed by atoms with Crippen LogP contribution >= 0.6 is 15.9 Å². The lowest BCUT2D eigenvalue weighted by atomic mass is 9.75. The zero-order valence-corrected chi connectivity index (χ0v) is 7.04. The third-order valence-corrected chi connectivity index (χ3v) is 3.93. The van der Waals surface area contributed by atoms with Crippen LogP contribution < -0.4 is 0 Å². The highest BCUT2D eigenvalue weighted by molar-refractivity contribution is 9.09. The molecular weight excluding hydrogens is 196 g/mol. The fraction of sp³-hybridized carbons (Fsp3) is 0.857. The Morgan fingerprint density at radius 1 is 1.60 bits per heavy atom. The van der Waals surface area contributed by atoms with E-state index in [2.05, 4.69) is 15.9 Å². The van der Waals surface area contributed by atoms with Crippen LogP contribution in [0.4, 0.5) is 0 Å². The summed E-state index contributed by atoms with van der Waals surface area (Å²) in [4.78, 5) is 11.0. The van der Waals surface area contributed by atoms with Crippen LogP contribution in [0, 0.1) is 11.8 Å². The van der Waals surface area contributed by atoms with Gasteiger partial charge in [0.15, 0.2) is 0 Å². The second kappa shape index (κ2) is 2.05. The van der Waals surface area contributed by atoms with Gasteiger partial charge in [-0.2, -0.15) is 0 Å². The lowest BCUT2D eigenvalue weighted by Crippen LogP contribution is -2.36. The van der Waals surface area contributed by atoms with Gasteiger partial charge < -0.3 is 5.11 Å². The average molecular weight is 205 g/mol. The fourth-order valence-electron chi connectivity index (χ4n) is 1.92. The maximum atomic E-state index is 10.9. The first-order chi connectivity index (χ1) is 4.70. The minimum Gasteiger partial charge on any atom is -0.392 e. The van der Waals surface area contributed by atoms with Gasteiger partial charge in [0, 0.05) is 17.2 Å². The van der Waals surface area contributed by atoms with Gasteiger partial charge in [0.25, 0.3) is 0 Å². The minimum absolute atomic E-state index is 0.176. The maximum Gasteiger partial charge on any atom is 0.136 e. The Balaban J connectivity index is 2.13. The highest BCUT2D eigenvalue weighted by Crippen LogP contribution is 2.47. The van der Waals surface area contributed by atoms with Gasteiger partial charge in [-0.15, -0.1) is 0 Å². The molecule has 2 nitrogen and oxygen atoms in total. The Morgan fingerprint density at radius 3 is 2.70 bits per heavy atom. The third kappa shape index (κ3) is 0.705. The van der Waals surface area contributed by atoms with Gasteiger partial charge in [-0.1, -0.05) is 15.9 Å². The first-order valence-corrected chi connectivity index (χ1v) is 4.46. The number of halogens is 1. The monoisotopic (exact) mass is 204 g/mol. The van der Waals surface area contributed by atoms with Crippen LogP contribution in [-0.4, -0.2) is 21.8 Å². The van der Waals surface area contributed by atoms with Crippen LogP contribution in [0.5, 0.6) is 0 Å². The van der Waals surface area contributed by atoms with Gasteiger partial charge >= 0.3 is 0 Å². The summed E-state index contributed by atoms with van der Waals surface area (Å²) in [5, 5.41) is 9.30. The van der Waals surface area contributed by atoms with Crippen LogP contribution in [0.3, 0.4) is 0 Å². The molecule has 0 radical (unpaired) electrons. The van der Waals surface area contributed by atoms with E-state index in [1.165, 1.54) is 0 Å². The molecule has 0 aromatic rings. The molecule has 1 N–H and O–H groups in total. The van der Waals surface area contributed by atoms with Crippen molar-refractivity contribution in [3.63, 3.8) is 0 Å². The summed E-state index contributed by atoms with van der Waals surface area (Å²) in [6.07, 6.45) is 1.07. The Labute approximate surface area is 67.7 Å². The normalized spacial score (nSPS) is 52.4. The van der Waals surface area contributed by atoms with E-state index in [0.717, 1.165) is 0 Å². The number of aliphatic hydroxyl groups is 1. The first kappa shape index (κ1) is 6.80. The van der Waals surface area contributed by atoms with Gasteiger partial charge in [0.05, 0.1) is 6.10 Å².